The first-order chi connectivity index (χ1) is 28.9. The van der Waals surface area contributed by atoms with Gasteiger partial charge in [-0.3, -0.25) is 19.5 Å². The number of aromatic amines is 1. The number of benzene rings is 3. The van der Waals surface area contributed by atoms with E-state index in [1.807, 2.05) is 109 Å². The quantitative estimate of drug-likeness (QED) is 0.112. The molecule has 0 bridgehead atoms. The largest absolute Gasteiger partial charge is 0.444 e. The van der Waals surface area contributed by atoms with Crippen molar-refractivity contribution in [2.24, 2.45) is 23.7 Å². The second-order valence-corrected chi connectivity index (χ2v) is 19.1. The fourth-order valence-electron chi connectivity index (χ4n) is 8.45. The molecule has 2 fully saturated rings. The molecule has 1 atom stereocenters. The number of hydrogen-bond donors (Lipinski definition) is 3. The number of aromatic nitrogens is 2. The molecule has 6 rings (SSSR count). The van der Waals surface area contributed by atoms with Crippen molar-refractivity contribution in [1.82, 2.24) is 20.4 Å². The van der Waals surface area contributed by atoms with Crippen LogP contribution in [-0.2, 0) is 25.5 Å². The Morgan fingerprint density at radius 1 is 0.820 bits per heavy atom. The van der Waals surface area contributed by atoms with Crippen LogP contribution < -0.4 is 10.6 Å². The number of fused-ring (bicyclic) bond motifs is 1. The molecule has 326 valence electrons. The predicted molar refractivity (Wildman–Crippen MR) is 237 cm³/mol. The first-order valence-corrected chi connectivity index (χ1v) is 21.8. The van der Waals surface area contributed by atoms with Crippen molar-refractivity contribution >= 4 is 46.3 Å². The average Bonchev–Trinajstić information content (AvgIpc) is 3.67. The number of anilines is 1. The normalized spacial score (nSPS) is 18.0. The number of carbonyl (C=O) groups is 5. The van der Waals surface area contributed by atoms with E-state index in [4.69, 9.17) is 9.47 Å². The highest BCUT2D eigenvalue weighted by atomic mass is 16.6. The smallest absolute Gasteiger partial charge is 0.410 e. The lowest BCUT2D eigenvalue weighted by Crippen LogP contribution is -2.42. The Morgan fingerprint density at radius 2 is 1.51 bits per heavy atom. The molecular weight excluding hydrogens is 771 g/mol. The zero-order chi connectivity index (χ0) is 43.9. The average molecular weight is 834 g/mol. The van der Waals surface area contributed by atoms with Gasteiger partial charge < -0.3 is 25.0 Å². The fraction of sp³-hybridized carbons (Fsp3) is 0.510. The Labute approximate surface area is 359 Å². The second-order valence-electron chi connectivity index (χ2n) is 19.1. The van der Waals surface area contributed by atoms with E-state index in [-0.39, 0.29) is 47.7 Å². The van der Waals surface area contributed by atoms with Gasteiger partial charge >= 0.3 is 12.2 Å². The maximum Gasteiger partial charge on any atom is 0.410 e. The maximum atomic E-state index is 14.0. The number of rotatable bonds is 13. The number of H-pyrrole nitrogens is 1. The molecule has 1 saturated carbocycles. The summed E-state index contributed by atoms with van der Waals surface area (Å²) in [6, 6.07) is 19.5. The highest BCUT2D eigenvalue weighted by Crippen LogP contribution is 2.33. The molecule has 0 radical (unpaired) electrons. The van der Waals surface area contributed by atoms with Crippen LogP contribution in [0, 0.1) is 30.6 Å². The molecule has 2 aliphatic rings. The molecule has 12 nitrogen and oxygen atoms in total. The number of likely N-dealkylation sites (tertiary alicyclic amines) is 1. The van der Waals surface area contributed by atoms with E-state index in [1.165, 1.54) is 0 Å². The highest BCUT2D eigenvalue weighted by molar-refractivity contribution is 5.98. The molecule has 3 N–H and O–H groups in total. The lowest BCUT2D eigenvalue weighted by molar-refractivity contribution is -0.129. The predicted octanol–water partition coefficient (Wildman–Crippen LogP) is 9.85. The Morgan fingerprint density at radius 3 is 2.16 bits per heavy atom. The summed E-state index contributed by atoms with van der Waals surface area (Å²) in [5.74, 6) is -0.242. The van der Waals surface area contributed by atoms with E-state index >= 15 is 0 Å². The number of alkyl carbamates (subject to hydrolysis) is 1. The van der Waals surface area contributed by atoms with Crippen LogP contribution in [0.2, 0.25) is 0 Å². The minimum absolute atomic E-state index is 0.0934. The molecular formula is C49H63N5O7. The van der Waals surface area contributed by atoms with Crippen molar-refractivity contribution in [1.29, 1.82) is 0 Å². The van der Waals surface area contributed by atoms with Crippen LogP contribution in [0.5, 0.6) is 0 Å². The van der Waals surface area contributed by atoms with E-state index in [2.05, 4.69) is 20.8 Å². The molecule has 0 spiro atoms. The monoisotopic (exact) mass is 833 g/mol. The summed E-state index contributed by atoms with van der Waals surface area (Å²) in [6.45, 7) is 14.8. The van der Waals surface area contributed by atoms with E-state index in [0.29, 0.717) is 43.7 Å². The third-order valence-corrected chi connectivity index (χ3v) is 11.8. The van der Waals surface area contributed by atoms with Gasteiger partial charge in [0, 0.05) is 60.9 Å². The van der Waals surface area contributed by atoms with Crippen molar-refractivity contribution in [3.05, 3.63) is 83.6 Å². The molecule has 1 saturated heterocycles. The molecule has 2 heterocycles. The first kappa shape index (κ1) is 45.0. The molecule has 4 aromatic rings. The van der Waals surface area contributed by atoms with E-state index in [1.54, 1.807) is 11.1 Å². The summed E-state index contributed by atoms with van der Waals surface area (Å²) < 4.78 is 10.9. The third-order valence-electron chi connectivity index (χ3n) is 11.8. The number of amides is 3. The number of ketones is 2. The second kappa shape index (κ2) is 19.5. The van der Waals surface area contributed by atoms with Gasteiger partial charge in [-0.2, -0.15) is 5.10 Å². The topological polar surface area (TPSA) is 160 Å². The van der Waals surface area contributed by atoms with Crippen LogP contribution in [0.15, 0.2) is 66.9 Å². The van der Waals surface area contributed by atoms with Gasteiger partial charge in [0.25, 0.3) is 0 Å². The number of carbonyl (C=O) groups excluding carboxylic acids is 5. The van der Waals surface area contributed by atoms with Gasteiger partial charge in [0.05, 0.1) is 11.7 Å². The molecule has 12 heteroatoms. The number of hydrogen-bond acceptors (Lipinski definition) is 8. The minimum Gasteiger partial charge on any atom is -0.444 e. The van der Waals surface area contributed by atoms with Gasteiger partial charge in [-0.1, -0.05) is 36.4 Å². The summed E-state index contributed by atoms with van der Waals surface area (Å²) in [5, 5.41) is 13.9. The van der Waals surface area contributed by atoms with Crippen molar-refractivity contribution in [2.75, 3.05) is 25.0 Å². The van der Waals surface area contributed by atoms with Gasteiger partial charge in [-0.15, -0.1) is 0 Å². The summed E-state index contributed by atoms with van der Waals surface area (Å²) in [6.07, 6.45) is 6.58. The van der Waals surface area contributed by atoms with Crippen LogP contribution in [0.25, 0.3) is 22.0 Å². The number of aryl methyl sites for hydroxylation is 1. The van der Waals surface area contributed by atoms with Crippen LogP contribution >= 0.6 is 0 Å². The Kier molecular flexibility index (Phi) is 14.4. The SMILES string of the molecule is Cc1cc(C(=O)CC2CCN(C(=O)OC(C)(C)C)CC2)ccc1-c1ccc(C[C@H](CC(=O)C2CCC(CNC(=O)OC(C)(C)C)CC2)C(=O)Nc2ccc3cn[nH]c3c2)cc1. The molecule has 1 aromatic heterocycles. The molecule has 61 heavy (non-hydrogen) atoms. The van der Waals surface area contributed by atoms with Gasteiger partial charge in [-0.25, -0.2) is 9.59 Å². The van der Waals surface area contributed by atoms with Crippen molar-refractivity contribution in [3.8, 4) is 11.1 Å². The summed E-state index contributed by atoms with van der Waals surface area (Å²) in [7, 11) is 0. The van der Waals surface area contributed by atoms with Crippen molar-refractivity contribution < 1.29 is 33.4 Å². The van der Waals surface area contributed by atoms with Crippen LogP contribution in [0.3, 0.4) is 0 Å². The number of piperidine rings is 1. The number of Topliss-reactive ketones (excluding diaryl/α,β-unsaturated/α-hetero) is 2. The minimum atomic E-state index is -0.584. The zero-order valence-corrected chi connectivity index (χ0v) is 36.9. The molecule has 1 aliphatic heterocycles. The van der Waals surface area contributed by atoms with Gasteiger partial charge in [0.2, 0.25) is 5.91 Å². The van der Waals surface area contributed by atoms with E-state index < -0.39 is 23.2 Å². The Hall–Kier alpha value is -5.52. The summed E-state index contributed by atoms with van der Waals surface area (Å²) in [4.78, 5) is 67.6. The van der Waals surface area contributed by atoms with Gasteiger partial charge in [0.15, 0.2) is 5.78 Å². The Bertz CT molecular complexity index is 2180. The third kappa shape index (κ3) is 13.0. The first-order valence-electron chi connectivity index (χ1n) is 21.8. The standard InChI is InChI=1S/C49H63N5O7/c1-31-24-37(43(55)26-33-20-22-54(23-21-33)47(59)61-49(5,6)7)17-19-41(31)35-12-8-32(9-13-35)25-39(45(57)52-40-18-16-38-30-51-53-42(38)28-40)27-44(56)36-14-10-34(11-15-36)29-50-46(58)60-48(2,3)4/h8-9,12-13,16-19,24,28,30,33-34,36,39H,10-11,14-15,20-23,25-27,29H2,1-7H3,(H,50,58)(H,51,53)(H,52,57)/t34?,36?,39-/m1/s1. The van der Waals surface area contributed by atoms with Gasteiger partial charge in [0.1, 0.15) is 17.0 Å². The molecule has 3 amide bonds. The lowest BCUT2D eigenvalue weighted by Gasteiger charge is -2.33. The zero-order valence-electron chi connectivity index (χ0n) is 36.9. The van der Waals surface area contributed by atoms with Crippen LogP contribution in [0.1, 0.15) is 114 Å². The van der Waals surface area contributed by atoms with Crippen molar-refractivity contribution in [3.63, 3.8) is 0 Å². The summed E-state index contributed by atoms with van der Waals surface area (Å²) >= 11 is 0. The number of nitrogens with one attached hydrogen (secondary N) is 3. The number of ether oxygens (including phenoxy) is 2. The lowest BCUT2D eigenvalue weighted by atomic mass is 9.77. The maximum absolute atomic E-state index is 14.0. The van der Waals surface area contributed by atoms with E-state index in [9.17, 15) is 24.0 Å². The van der Waals surface area contributed by atoms with E-state index in [0.717, 1.165) is 71.7 Å². The van der Waals surface area contributed by atoms with Crippen LogP contribution in [-0.4, -0.2) is 75.6 Å². The summed E-state index contributed by atoms with van der Waals surface area (Å²) in [5.41, 5.74) is 4.98. The van der Waals surface area contributed by atoms with Crippen molar-refractivity contribution in [2.45, 2.75) is 117 Å². The highest BCUT2D eigenvalue weighted by Gasteiger charge is 2.32. The molecule has 3 aromatic carbocycles. The van der Waals surface area contributed by atoms with Crippen LogP contribution in [0.4, 0.5) is 15.3 Å². The molecule has 0 unspecified atom stereocenters. The Balaban J connectivity index is 1.06. The molecule has 1 aliphatic carbocycles. The van der Waals surface area contributed by atoms with Gasteiger partial charge in [-0.05, 0) is 152 Å². The fourth-order valence-corrected chi connectivity index (χ4v) is 8.45. The number of nitrogens with zero attached hydrogens (tertiary/aromatic N) is 2.